The third-order valence-electron chi connectivity index (χ3n) is 3.48. The van der Waals surface area contributed by atoms with Crippen molar-refractivity contribution in [2.75, 3.05) is 31.1 Å². The highest BCUT2D eigenvalue weighted by atomic mass is 16.2. The first-order valence-corrected chi connectivity index (χ1v) is 7.02. The van der Waals surface area contributed by atoms with Crippen molar-refractivity contribution in [2.24, 2.45) is 0 Å². The molecule has 1 aliphatic heterocycles. The number of nitrogens with zero attached hydrogens (tertiary/aromatic N) is 2. The van der Waals surface area contributed by atoms with Crippen LogP contribution in [0.15, 0.2) is 24.3 Å². The lowest BCUT2D eigenvalue weighted by atomic mass is 10.1. The van der Waals surface area contributed by atoms with Gasteiger partial charge in [0.15, 0.2) is 0 Å². The van der Waals surface area contributed by atoms with Crippen LogP contribution in [0.5, 0.6) is 0 Å². The molecule has 1 aromatic carbocycles. The SMILES string of the molecule is CCN(CC)c1ccc(C(=O)N2CC(=O)NC(=O)C2)cc1. The summed E-state index contributed by atoms with van der Waals surface area (Å²) in [5, 5.41) is 2.18. The largest absolute Gasteiger partial charge is 0.372 e. The number of amides is 3. The smallest absolute Gasteiger partial charge is 0.254 e. The third kappa shape index (κ3) is 3.39. The Labute approximate surface area is 123 Å². The van der Waals surface area contributed by atoms with Gasteiger partial charge in [-0.1, -0.05) is 0 Å². The molecule has 1 heterocycles. The highest BCUT2D eigenvalue weighted by molar-refractivity contribution is 6.05. The molecular formula is C15H19N3O3. The molecule has 0 radical (unpaired) electrons. The standard InChI is InChI=1S/C15H19N3O3/c1-3-17(4-2)12-7-5-11(6-8-12)15(21)18-9-13(19)16-14(20)10-18/h5-8H,3-4,9-10H2,1-2H3,(H,16,19,20). The van der Waals surface area contributed by atoms with E-state index in [-0.39, 0.29) is 19.0 Å². The molecule has 3 amide bonds. The maximum atomic E-state index is 12.3. The Balaban J connectivity index is 2.12. The van der Waals surface area contributed by atoms with Gasteiger partial charge in [0, 0.05) is 24.3 Å². The topological polar surface area (TPSA) is 69.7 Å². The van der Waals surface area contributed by atoms with Crippen LogP contribution < -0.4 is 10.2 Å². The number of carbonyl (C=O) groups is 3. The van der Waals surface area contributed by atoms with Crippen LogP contribution in [0.2, 0.25) is 0 Å². The number of carbonyl (C=O) groups excluding carboxylic acids is 3. The predicted molar refractivity (Wildman–Crippen MR) is 79.1 cm³/mol. The molecule has 21 heavy (non-hydrogen) atoms. The van der Waals surface area contributed by atoms with Crippen molar-refractivity contribution in [1.82, 2.24) is 10.2 Å². The van der Waals surface area contributed by atoms with Crippen LogP contribution in [-0.4, -0.2) is 48.8 Å². The Bertz CT molecular complexity index is 534. The Morgan fingerprint density at radius 2 is 1.62 bits per heavy atom. The zero-order valence-corrected chi connectivity index (χ0v) is 12.3. The van der Waals surface area contributed by atoms with Crippen molar-refractivity contribution in [3.63, 3.8) is 0 Å². The molecule has 1 saturated heterocycles. The summed E-state index contributed by atoms with van der Waals surface area (Å²) in [6, 6.07) is 7.22. The highest BCUT2D eigenvalue weighted by Crippen LogP contribution is 2.16. The molecule has 0 saturated carbocycles. The molecule has 0 spiro atoms. The van der Waals surface area contributed by atoms with Crippen LogP contribution in [0.4, 0.5) is 5.69 Å². The van der Waals surface area contributed by atoms with E-state index in [2.05, 4.69) is 24.1 Å². The van der Waals surface area contributed by atoms with E-state index in [1.54, 1.807) is 12.1 Å². The first-order valence-electron chi connectivity index (χ1n) is 7.02. The van der Waals surface area contributed by atoms with Gasteiger partial charge in [-0.2, -0.15) is 0 Å². The molecule has 1 aromatic rings. The fourth-order valence-electron chi connectivity index (χ4n) is 2.37. The van der Waals surface area contributed by atoms with Crippen LogP contribution in [0.25, 0.3) is 0 Å². The van der Waals surface area contributed by atoms with E-state index < -0.39 is 11.8 Å². The molecule has 6 heteroatoms. The quantitative estimate of drug-likeness (QED) is 0.826. The summed E-state index contributed by atoms with van der Waals surface area (Å²) < 4.78 is 0. The predicted octanol–water partition coefficient (Wildman–Crippen LogP) is 0.631. The Kier molecular flexibility index (Phi) is 4.57. The van der Waals surface area contributed by atoms with Crippen LogP contribution in [0.3, 0.4) is 0 Å². The second-order valence-electron chi connectivity index (χ2n) is 4.85. The monoisotopic (exact) mass is 289 g/mol. The molecule has 0 aliphatic carbocycles. The minimum atomic E-state index is -0.445. The summed E-state index contributed by atoms with van der Waals surface area (Å²) in [7, 11) is 0. The highest BCUT2D eigenvalue weighted by Gasteiger charge is 2.26. The van der Waals surface area contributed by atoms with Gasteiger partial charge >= 0.3 is 0 Å². The first kappa shape index (κ1) is 15.0. The summed E-state index contributed by atoms with van der Waals surface area (Å²) in [5.74, 6) is -1.19. The molecule has 0 aromatic heterocycles. The average Bonchev–Trinajstić information content (AvgIpc) is 2.47. The minimum Gasteiger partial charge on any atom is -0.372 e. The van der Waals surface area contributed by atoms with Crippen molar-refractivity contribution in [2.45, 2.75) is 13.8 Å². The average molecular weight is 289 g/mol. The second-order valence-corrected chi connectivity index (χ2v) is 4.85. The number of nitrogens with one attached hydrogen (secondary N) is 1. The summed E-state index contributed by atoms with van der Waals surface area (Å²) in [5.41, 5.74) is 1.53. The van der Waals surface area contributed by atoms with E-state index in [1.807, 2.05) is 12.1 Å². The van der Waals surface area contributed by atoms with Crippen molar-refractivity contribution in [3.05, 3.63) is 29.8 Å². The number of benzene rings is 1. The normalized spacial score (nSPS) is 14.9. The number of anilines is 1. The molecule has 1 fully saturated rings. The summed E-state index contributed by atoms with van der Waals surface area (Å²) in [4.78, 5) is 38.3. The van der Waals surface area contributed by atoms with E-state index in [0.717, 1.165) is 18.8 Å². The van der Waals surface area contributed by atoms with Gasteiger partial charge in [-0.05, 0) is 38.1 Å². The van der Waals surface area contributed by atoms with Gasteiger partial charge < -0.3 is 9.80 Å². The number of rotatable bonds is 4. The summed E-state index contributed by atoms with van der Waals surface area (Å²) in [6.45, 7) is 5.76. The second kappa shape index (κ2) is 6.39. The van der Waals surface area contributed by atoms with Gasteiger partial charge in [-0.15, -0.1) is 0 Å². The summed E-state index contributed by atoms with van der Waals surface area (Å²) >= 11 is 0. The maximum Gasteiger partial charge on any atom is 0.254 e. The molecule has 6 nitrogen and oxygen atoms in total. The van der Waals surface area contributed by atoms with Crippen LogP contribution in [-0.2, 0) is 9.59 Å². The zero-order valence-electron chi connectivity index (χ0n) is 12.3. The van der Waals surface area contributed by atoms with E-state index in [9.17, 15) is 14.4 Å². The fourth-order valence-corrected chi connectivity index (χ4v) is 2.37. The van der Waals surface area contributed by atoms with Gasteiger partial charge in [0.1, 0.15) is 13.1 Å². The summed E-state index contributed by atoms with van der Waals surface area (Å²) in [6.07, 6.45) is 0. The molecule has 1 aliphatic rings. The lowest BCUT2D eigenvalue weighted by Crippen LogP contribution is -2.53. The molecule has 2 rings (SSSR count). The van der Waals surface area contributed by atoms with Gasteiger partial charge in [-0.3, -0.25) is 19.7 Å². The van der Waals surface area contributed by atoms with Crippen molar-refractivity contribution >= 4 is 23.4 Å². The molecule has 112 valence electrons. The van der Waals surface area contributed by atoms with Crippen molar-refractivity contribution in [3.8, 4) is 0 Å². The number of piperazine rings is 1. The van der Waals surface area contributed by atoms with Gasteiger partial charge in [0.2, 0.25) is 11.8 Å². The number of hydrogen-bond donors (Lipinski definition) is 1. The molecule has 0 unspecified atom stereocenters. The number of imide groups is 1. The maximum absolute atomic E-state index is 12.3. The van der Waals surface area contributed by atoms with Gasteiger partial charge in [-0.25, -0.2) is 0 Å². The van der Waals surface area contributed by atoms with Crippen molar-refractivity contribution < 1.29 is 14.4 Å². The Hall–Kier alpha value is -2.37. The van der Waals surface area contributed by atoms with Crippen molar-refractivity contribution in [1.29, 1.82) is 0 Å². The van der Waals surface area contributed by atoms with Gasteiger partial charge in [0.05, 0.1) is 0 Å². The minimum absolute atomic E-state index is 0.0810. The molecule has 1 N–H and O–H groups in total. The fraction of sp³-hybridized carbons (Fsp3) is 0.400. The Morgan fingerprint density at radius 1 is 1.10 bits per heavy atom. The molecule has 0 atom stereocenters. The van der Waals surface area contributed by atoms with Crippen LogP contribution in [0, 0.1) is 0 Å². The third-order valence-corrected chi connectivity index (χ3v) is 3.48. The van der Waals surface area contributed by atoms with E-state index in [0.29, 0.717) is 5.56 Å². The van der Waals surface area contributed by atoms with Gasteiger partial charge in [0.25, 0.3) is 5.91 Å². The van der Waals surface area contributed by atoms with E-state index in [4.69, 9.17) is 0 Å². The lowest BCUT2D eigenvalue weighted by molar-refractivity contribution is -0.135. The molecular weight excluding hydrogens is 270 g/mol. The van der Waals surface area contributed by atoms with Crippen LogP contribution >= 0.6 is 0 Å². The zero-order chi connectivity index (χ0) is 15.4. The van der Waals surface area contributed by atoms with Crippen LogP contribution in [0.1, 0.15) is 24.2 Å². The van der Waals surface area contributed by atoms with E-state index >= 15 is 0 Å². The number of hydrogen-bond acceptors (Lipinski definition) is 4. The first-order chi connectivity index (χ1) is 10.0. The van der Waals surface area contributed by atoms with E-state index in [1.165, 1.54) is 4.90 Å². The lowest BCUT2D eigenvalue weighted by Gasteiger charge is -2.26. The molecule has 0 bridgehead atoms. The Morgan fingerprint density at radius 3 is 2.10 bits per heavy atom.